The molecule has 0 aliphatic rings. The summed E-state index contributed by atoms with van der Waals surface area (Å²) < 4.78 is 57.1. The molecule has 0 fully saturated rings. The van der Waals surface area contributed by atoms with E-state index in [1.165, 1.54) is 25.4 Å². The van der Waals surface area contributed by atoms with Crippen LogP contribution in [-0.4, -0.2) is 45.2 Å². The van der Waals surface area contributed by atoms with Crippen LogP contribution in [0.2, 0.25) is 0 Å². The van der Waals surface area contributed by atoms with Crippen molar-refractivity contribution in [2.45, 2.75) is 30.2 Å². The van der Waals surface area contributed by atoms with Crippen LogP contribution in [0.3, 0.4) is 0 Å². The Labute approximate surface area is 187 Å². The molecule has 0 saturated carbocycles. The molecule has 3 aromatic rings. The van der Waals surface area contributed by atoms with Crippen molar-refractivity contribution in [2.75, 3.05) is 18.1 Å². The van der Waals surface area contributed by atoms with E-state index in [1.807, 2.05) is 24.3 Å². The summed E-state index contributed by atoms with van der Waals surface area (Å²) in [4.78, 5) is 11.9. The van der Waals surface area contributed by atoms with E-state index in [-0.39, 0.29) is 27.3 Å². The van der Waals surface area contributed by atoms with Gasteiger partial charge in [0.15, 0.2) is 14.9 Å². The molecule has 0 radical (unpaired) electrons. The third-order valence-corrected chi connectivity index (χ3v) is 6.78. The molecule has 32 heavy (non-hydrogen) atoms. The third-order valence-electron chi connectivity index (χ3n) is 4.45. The van der Waals surface area contributed by atoms with Crippen molar-refractivity contribution in [3.05, 3.63) is 54.4 Å². The average Bonchev–Trinajstić information content (AvgIpc) is 2.73. The molecular weight excluding hydrogens is 452 g/mol. The van der Waals surface area contributed by atoms with Gasteiger partial charge in [0.25, 0.3) is 15.9 Å². The molecule has 0 amide bonds. The maximum absolute atomic E-state index is 13.2. The number of pyridine rings is 1. The summed E-state index contributed by atoms with van der Waals surface area (Å²) in [6, 6.07) is 10.5. The Morgan fingerprint density at radius 1 is 1.03 bits per heavy atom. The normalized spacial score (nSPS) is 12.0. The molecule has 3 rings (SSSR count). The summed E-state index contributed by atoms with van der Waals surface area (Å²) in [5.74, 6) is 0.00276. The van der Waals surface area contributed by atoms with Crippen LogP contribution in [0, 0.1) is 5.92 Å². The molecule has 0 aliphatic carbocycles. The summed E-state index contributed by atoms with van der Waals surface area (Å²) in [6.45, 7) is 4.26. The minimum atomic E-state index is -4.15. The highest BCUT2D eigenvalue weighted by Gasteiger charge is 2.24. The van der Waals surface area contributed by atoms with E-state index in [4.69, 9.17) is 4.74 Å². The number of anilines is 1. The lowest BCUT2D eigenvalue weighted by molar-refractivity contribution is 0.394. The molecular formula is C21H24N4O5S2. The van der Waals surface area contributed by atoms with Gasteiger partial charge in [0.1, 0.15) is 4.90 Å². The quantitative estimate of drug-likeness (QED) is 0.525. The number of hydrogen-bond acceptors (Lipinski definition) is 8. The van der Waals surface area contributed by atoms with E-state index in [9.17, 15) is 16.8 Å². The number of methoxy groups -OCH3 is 1. The molecule has 0 atom stereocenters. The molecule has 0 bridgehead atoms. The molecule has 0 aliphatic heterocycles. The van der Waals surface area contributed by atoms with E-state index in [0.717, 1.165) is 24.4 Å². The van der Waals surface area contributed by atoms with Gasteiger partial charge >= 0.3 is 0 Å². The topological polar surface area (TPSA) is 128 Å². The van der Waals surface area contributed by atoms with Crippen LogP contribution >= 0.6 is 0 Å². The Balaban J connectivity index is 1.99. The number of sulfonamides is 1. The van der Waals surface area contributed by atoms with E-state index in [0.29, 0.717) is 11.5 Å². The Morgan fingerprint density at radius 3 is 2.31 bits per heavy atom. The number of nitrogens with zero attached hydrogens (tertiary/aromatic N) is 3. The lowest BCUT2D eigenvalue weighted by Gasteiger charge is -2.13. The first kappa shape index (κ1) is 23.6. The lowest BCUT2D eigenvalue weighted by Crippen LogP contribution is -2.17. The molecule has 2 aromatic heterocycles. The molecule has 2 heterocycles. The maximum Gasteiger partial charge on any atom is 0.265 e. The maximum atomic E-state index is 13.2. The van der Waals surface area contributed by atoms with Crippen molar-refractivity contribution in [2.24, 2.45) is 5.92 Å². The molecule has 0 unspecified atom stereocenters. The number of ether oxygens (including phenoxy) is 1. The first-order valence-electron chi connectivity index (χ1n) is 9.69. The van der Waals surface area contributed by atoms with Crippen LogP contribution < -0.4 is 9.46 Å². The summed E-state index contributed by atoms with van der Waals surface area (Å²) in [5.41, 5.74) is 2.06. The van der Waals surface area contributed by atoms with Crippen LogP contribution in [-0.2, 0) is 26.3 Å². The number of rotatable bonds is 8. The van der Waals surface area contributed by atoms with Gasteiger partial charge in [-0.25, -0.2) is 21.8 Å². The highest BCUT2D eigenvalue weighted by atomic mass is 32.2. The zero-order valence-corrected chi connectivity index (χ0v) is 19.7. The van der Waals surface area contributed by atoms with Crippen LogP contribution in [0.5, 0.6) is 5.88 Å². The van der Waals surface area contributed by atoms with E-state index < -0.39 is 19.9 Å². The molecule has 0 spiro atoms. The molecule has 170 valence electrons. The van der Waals surface area contributed by atoms with E-state index in [2.05, 4.69) is 33.5 Å². The number of aromatic nitrogens is 3. The highest BCUT2D eigenvalue weighted by molar-refractivity contribution is 7.93. The highest BCUT2D eigenvalue weighted by Crippen LogP contribution is 2.29. The van der Waals surface area contributed by atoms with Crippen molar-refractivity contribution in [1.29, 1.82) is 0 Å². The van der Waals surface area contributed by atoms with Crippen molar-refractivity contribution in [3.8, 4) is 17.1 Å². The monoisotopic (exact) mass is 476 g/mol. The van der Waals surface area contributed by atoms with Gasteiger partial charge in [-0.1, -0.05) is 38.1 Å². The number of hydrogen-bond donors (Lipinski definition) is 1. The average molecular weight is 477 g/mol. The molecule has 1 aromatic carbocycles. The smallest absolute Gasteiger partial charge is 0.265 e. The molecule has 1 N–H and O–H groups in total. The van der Waals surface area contributed by atoms with Crippen LogP contribution in [0.4, 0.5) is 5.82 Å². The summed E-state index contributed by atoms with van der Waals surface area (Å²) in [7, 11) is -6.55. The second-order valence-corrected chi connectivity index (χ2v) is 11.2. The summed E-state index contributed by atoms with van der Waals surface area (Å²) in [5, 5.41) is -0.333. The number of benzene rings is 1. The predicted molar refractivity (Wildman–Crippen MR) is 121 cm³/mol. The largest absolute Gasteiger partial charge is 0.478 e. The second-order valence-electron chi connectivity index (χ2n) is 7.59. The summed E-state index contributed by atoms with van der Waals surface area (Å²) >= 11 is 0. The van der Waals surface area contributed by atoms with Crippen LogP contribution in [0.15, 0.2) is 58.7 Å². The van der Waals surface area contributed by atoms with Gasteiger partial charge in [-0.05, 0) is 30.0 Å². The van der Waals surface area contributed by atoms with Crippen molar-refractivity contribution >= 4 is 25.7 Å². The molecule has 11 heteroatoms. The summed E-state index contributed by atoms with van der Waals surface area (Å²) in [6.07, 6.45) is 4.36. The standard InChI is InChI=1S/C21H24N4O5S2/c1-14(2)12-15-7-9-16(10-8-15)19-17(6-5-11-22-19)32(28,29)25-20-21(30-3)24-18(13-23-20)31(4,26)27/h5-11,13-14H,12H2,1-4H3,(H,23,25). The van der Waals surface area contributed by atoms with Gasteiger partial charge in [0.2, 0.25) is 5.82 Å². The van der Waals surface area contributed by atoms with Gasteiger partial charge in [-0.3, -0.25) is 9.71 Å². The fourth-order valence-corrected chi connectivity index (χ4v) is 4.70. The zero-order chi connectivity index (χ0) is 23.5. The fourth-order valence-electron chi connectivity index (χ4n) is 3.02. The van der Waals surface area contributed by atoms with Gasteiger partial charge in [0, 0.05) is 18.0 Å². The zero-order valence-electron chi connectivity index (χ0n) is 18.1. The Kier molecular flexibility index (Phi) is 6.79. The fraction of sp³-hybridized carbons (Fsp3) is 0.286. The second kappa shape index (κ2) is 9.21. The van der Waals surface area contributed by atoms with E-state index in [1.54, 1.807) is 0 Å². The Morgan fingerprint density at radius 2 is 1.72 bits per heavy atom. The minimum Gasteiger partial charge on any atom is -0.478 e. The van der Waals surface area contributed by atoms with Gasteiger partial charge in [-0.15, -0.1) is 0 Å². The Bertz CT molecular complexity index is 1320. The molecule has 9 nitrogen and oxygen atoms in total. The number of sulfone groups is 1. The molecule has 0 saturated heterocycles. The van der Waals surface area contributed by atoms with Gasteiger partial charge in [0.05, 0.1) is 19.0 Å². The van der Waals surface area contributed by atoms with Crippen LogP contribution in [0.25, 0.3) is 11.3 Å². The van der Waals surface area contributed by atoms with Gasteiger partial charge < -0.3 is 4.74 Å². The SMILES string of the molecule is COc1nc(S(C)(=O)=O)cnc1NS(=O)(=O)c1cccnc1-c1ccc(CC(C)C)cc1. The van der Waals surface area contributed by atoms with Crippen molar-refractivity contribution < 1.29 is 21.6 Å². The lowest BCUT2D eigenvalue weighted by atomic mass is 10.0. The predicted octanol–water partition coefficient (Wildman–Crippen LogP) is 2.95. The van der Waals surface area contributed by atoms with Crippen LogP contribution in [0.1, 0.15) is 19.4 Å². The Hall–Kier alpha value is -3.05. The minimum absolute atomic E-state index is 0.0624. The number of nitrogens with one attached hydrogen (secondary N) is 1. The van der Waals surface area contributed by atoms with Crippen molar-refractivity contribution in [3.63, 3.8) is 0 Å². The van der Waals surface area contributed by atoms with Gasteiger partial charge in [-0.2, -0.15) is 4.98 Å². The first-order chi connectivity index (χ1) is 15.0. The third kappa shape index (κ3) is 5.40. The first-order valence-corrected chi connectivity index (χ1v) is 13.1. The van der Waals surface area contributed by atoms with Crippen molar-refractivity contribution in [1.82, 2.24) is 15.0 Å². The van der Waals surface area contributed by atoms with E-state index >= 15 is 0 Å².